The van der Waals surface area contributed by atoms with Crippen molar-refractivity contribution >= 4 is 15.9 Å². The average molecular weight is 307 g/mol. The summed E-state index contributed by atoms with van der Waals surface area (Å²) < 4.78 is 3.18. The first-order chi connectivity index (χ1) is 8.61. The Morgan fingerprint density at radius 1 is 1.11 bits per heavy atom. The smallest absolute Gasteiger partial charge is 0.108 e. The second-order valence-corrected chi connectivity index (χ2v) is 5.38. The molecule has 2 rings (SSSR count). The number of rotatable bonds is 4. The van der Waals surface area contributed by atoms with Crippen molar-refractivity contribution in [1.82, 2.24) is 9.55 Å². The quantitative estimate of drug-likeness (QED) is 0.839. The molecule has 0 radical (unpaired) electrons. The number of hydrogen-bond donors (Lipinski definition) is 0. The molecule has 0 fully saturated rings. The van der Waals surface area contributed by atoms with Gasteiger partial charge in [0, 0.05) is 7.05 Å². The minimum Gasteiger partial charge on any atom is -0.326 e. The van der Waals surface area contributed by atoms with Crippen molar-refractivity contribution in [3.05, 3.63) is 51.5 Å². The van der Waals surface area contributed by atoms with E-state index in [1.807, 2.05) is 14.0 Å². The summed E-state index contributed by atoms with van der Waals surface area (Å²) in [4.78, 5) is 4.57. The van der Waals surface area contributed by atoms with Gasteiger partial charge in [0.05, 0.1) is 5.69 Å². The maximum atomic E-state index is 4.57. The zero-order valence-corrected chi connectivity index (χ0v) is 12.8. The zero-order valence-electron chi connectivity index (χ0n) is 11.2. The third kappa shape index (κ3) is 2.83. The van der Waals surface area contributed by atoms with E-state index in [0.717, 1.165) is 35.4 Å². The van der Waals surface area contributed by atoms with Crippen molar-refractivity contribution in [3.63, 3.8) is 0 Å². The molecule has 96 valence electrons. The van der Waals surface area contributed by atoms with Gasteiger partial charge in [0.2, 0.25) is 0 Å². The van der Waals surface area contributed by atoms with Crippen LogP contribution in [0.4, 0.5) is 0 Å². The first-order valence-corrected chi connectivity index (χ1v) is 7.16. The minimum absolute atomic E-state index is 0.980. The Bertz CT molecular complexity index is 526. The van der Waals surface area contributed by atoms with Crippen LogP contribution in [0.25, 0.3) is 0 Å². The summed E-state index contributed by atoms with van der Waals surface area (Å²) in [6, 6.07) is 8.88. The third-order valence-electron chi connectivity index (χ3n) is 3.40. The maximum Gasteiger partial charge on any atom is 0.108 e. The molecule has 18 heavy (non-hydrogen) atoms. The second kappa shape index (κ2) is 5.70. The Morgan fingerprint density at radius 3 is 2.22 bits per heavy atom. The highest BCUT2D eigenvalue weighted by Crippen LogP contribution is 2.19. The number of halogens is 1. The molecular weight excluding hydrogens is 288 g/mol. The Kier molecular flexibility index (Phi) is 4.23. The number of imidazole rings is 1. The molecule has 0 N–H and O–H groups in total. The highest BCUT2D eigenvalue weighted by Gasteiger charge is 2.09. The molecular formula is C15H19BrN2. The van der Waals surface area contributed by atoms with E-state index in [1.54, 1.807) is 0 Å². The molecule has 1 heterocycles. The van der Waals surface area contributed by atoms with Crippen LogP contribution >= 0.6 is 15.9 Å². The highest BCUT2D eigenvalue weighted by atomic mass is 79.9. The predicted octanol–water partition coefficient (Wildman–Crippen LogP) is 3.84. The van der Waals surface area contributed by atoms with Crippen LogP contribution in [0.5, 0.6) is 0 Å². The van der Waals surface area contributed by atoms with E-state index < -0.39 is 0 Å². The Hall–Kier alpha value is -1.09. The average Bonchev–Trinajstić information content (AvgIpc) is 2.64. The lowest BCUT2D eigenvalue weighted by Crippen LogP contribution is -1.94. The van der Waals surface area contributed by atoms with Crippen LogP contribution in [0.3, 0.4) is 0 Å². The lowest BCUT2D eigenvalue weighted by molar-refractivity contribution is 0.838. The summed E-state index contributed by atoms with van der Waals surface area (Å²) in [6.45, 7) is 4.22. The van der Waals surface area contributed by atoms with E-state index in [0.29, 0.717) is 0 Å². The molecule has 2 nitrogen and oxygen atoms in total. The Labute approximate surface area is 117 Å². The molecule has 0 aliphatic carbocycles. The summed E-state index contributed by atoms with van der Waals surface area (Å²) in [7, 11) is 2.03. The third-order valence-corrected chi connectivity index (χ3v) is 4.39. The molecule has 0 saturated heterocycles. The number of benzene rings is 1. The maximum absolute atomic E-state index is 4.57. The van der Waals surface area contributed by atoms with Crippen molar-refractivity contribution in [1.29, 1.82) is 0 Å². The van der Waals surface area contributed by atoms with Crippen LogP contribution in [0, 0.1) is 6.92 Å². The number of hydrogen-bond acceptors (Lipinski definition) is 1. The van der Waals surface area contributed by atoms with E-state index in [4.69, 9.17) is 0 Å². The van der Waals surface area contributed by atoms with E-state index in [9.17, 15) is 0 Å². The van der Waals surface area contributed by atoms with Gasteiger partial charge in [-0.25, -0.2) is 4.98 Å². The van der Waals surface area contributed by atoms with E-state index >= 15 is 0 Å². The molecule has 1 aromatic carbocycles. The van der Waals surface area contributed by atoms with Gasteiger partial charge in [-0.2, -0.15) is 0 Å². The summed E-state index contributed by atoms with van der Waals surface area (Å²) >= 11 is 3.60. The van der Waals surface area contributed by atoms with Crippen molar-refractivity contribution in [3.8, 4) is 0 Å². The molecule has 3 heteroatoms. The van der Waals surface area contributed by atoms with E-state index in [-0.39, 0.29) is 0 Å². The second-order valence-electron chi connectivity index (χ2n) is 4.63. The van der Waals surface area contributed by atoms with Crippen molar-refractivity contribution < 1.29 is 0 Å². The largest absolute Gasteiger partial charge is 0.326 e. The van der Waals surface area contributed by atoms with Gasteiger partial charge in [-0.3, -0.25) is 0 Å². The predicted molar refractivity (Wildman–Crippen MR) is 78.9 cm³/mol. The van der Waals surface area contributed by atoms with Crippen LogP contribution in [0.15, 0.2) is 28.9 Å². The van der Waals surface area contributed by atoms with Crippen LogP contribution in [-0.4, -0.2) is 9.55 Å². The molecule has 0 bridgehead atoms. The lowest BCUT2D eigenvalue weighted by atomic mass is 10.1. The lowest BCUT2D eigenvalue weighted by Gasteiger charge is -2.02. The molecule has 0 aliphatic rings. The molecule has 0 aliphatic heterocycles. The fourth-order valence-electron chi connectivity index (χ4n) is 2.02. The van der Waals surface area contributed by atoms with Crippen LogP contribution in [0.1, 0.15) is 29.6 Å². The molecule has 1 aromatic heterocycles. The van der Waals surface area contributed by atoms with Gasteiger partial charge in [0.25, 0.3) is 0 Å². The standard InChI is InChI=1S/C15H19BrN2/c1-4-12-5-7-13(8-6-12)9-10-14-15(16)18(3)11(2)17-14/h5-8H,4,9-10H2,1-3H3. The fourth-order valence-corrected chi connectivity index (χ4v) is 2.56. The van der Waals surface area contributed by atoms with Gasteiger partial charge in [0.15, 0.2) is 0 Å². The molecule has 0 spiro atoms. The van der Waals surface area contributed by atoms with E-state index in [1.165, 1.54) is 11.1 Å². The topological polar surface area (TPSA) is 17.8 Å². The monoisotopic (exact) mass is 306 g/mol. The molecule has 0 atom stereocenters. The fraction of sp³-hybridized carbons (Fsp3) is 0.400. The van der Waals surface area contributed by atoms with Gasteiger partial charge in [-0.1, -0.05) is 31.2 Å². The number of aryl methyl sites for hydroxylation is 4. The molecule has 0 amide bonds. The van der Waals surface area contributed by atoms with Crippen molar-refractivity contribution in [2.24, 2.45) is 7.05 Å². The summed E-state index contributed by atoms with van der Waals surface area (Å²) in [5.41, 5.74) is 3.92. The zero-order chi connectivity index (χ0) is 13.1. The van der Waals surface area contributed by atoms with Crippen LogP contribution < -0.4 is 0 Å². The van der Waals surface area contributed by atoms with Crippen molar-refractivity contribution in [2.45, 2.75) is 33.1 Å². The van der Waals surface area contributed by atoms with Gasteiger partial charge in [0.1, 0.15) is 10.4 Å². The number of aromatic nitrogens is 2. The Morgan fingerprint density at radius 2 is 1.72 bits per heavy atom. The summed E-state index contributed by atoms with van der Waals surface area (Å²) in [6.07, 6.45) is 3.12. The first-order valence-electron chi connectivity index (χ1n) is 6.37. The number of nitrogens with zero attached hydrogens (tertiary/aromatic N) is 2. The van der Waals surface area contributed by atoms with Crippen LogP contribution in [-0.2, 0) is 26.3 Å². The van der Waals surface area contributed by atoms with Gasteiger partial charge in [-0.15, -0.1) is 0 Å². The van der Waals surface area contributed by atoms with Crippen LogP contribution in [0.2, 0.25) is 0 Å². The van der Waals surface area contributed by atoms with E-state index in [2.05, 4.69) is 56.7 Å². The van der Waals surface area contributed by atoms with Gasteiger partial charge in [-0.05, 0) is 53.2 Å². The molecule has 2 aromatic rings. The summed E-state index contributed by atoms with van der Waals surface area (Å²) in [5, 5.41) is 0. The SMILES string of the molecule is CCc1ccc(CCc2nc(C)n(C)c2Br)cc1. The normalized spacial score (nSPS) is 10.9. The molecule has 0 unspecified atom stereocenters. The summed E-state index contributed by atoms with van der Waals surface area (Å²) in [5.74, 6) is 1.05. The Balaban J connectivity index is 2.04. The van der Waals surface area contributed by atoms with Gasteiger partial charge < -0.3 is 4.57 Å². The minimum atomic E-state index is 0.980. The van der Waals surface area contributed by atoms with Crippen molar-refractivity contribution in [2.75, 3.05) is 0 Å². The first kappa shape index (κ1) is 13.3. The molecule has 0 saturated carbocycles. The van der Waals surface area contributed by atoms with Gasteiger partial charge >= 0.3 is 0 Å². The highest BCUT2D eigenvalue weighted by molar-refractivity contribution is 9.10.